The molecule has 1 aromatic rings. The number of anilines is 1. The lowest BCUT2D eigenvalue weighted by Gasteiger charge is -2.35. The minimum Gasteiger partial charge on any atom is -0.376 e. The van der Waals surface area contributed by atoms with Crippen molar-refractivity contribution in [1.29, 1.82) is 0 Å². The van der Waals surface area contributed by atoms with Crippen molar-refractivity contribution in [2.24, 2.45) is 0 Å². The van der Waals surface area contributed by atoms with E-state index in [1.807, 2.05) is 23.1 Å². The van der Waals surface area contributed by atoms with E-state index in [9.17, 15) is 9.59 Å². The van der Waals surface area contributed by atoms with Gasteiger partial charge in [-0.1, -0.05) is 6.07 Å². The van der Waals surface area contributed by atoms with E-state index in [0.717, 1.165) is 38.4 Å². The van der Waals surface area contributed by atoms with Gasteiger partial charge in [0, 0.05) is 65.4 Å². The minimum absolute atomic E-state index is 0.00766. The number of rotatable bonds is 6. The van der Waals surface area contributed by atoms with Crippen LogP contribution in [0.1, 0.15) is 26.2 Å². The number of hydrogen-bond donors (Lipinski definition) is 0. The molecule has 7 heteroatoms. The van der Waals surface area contributed by atoms with Gasteiger partial charge in [-0.15, -0.1) is 0 Å². The molecule has 3 heterocycles. The lowest BCUT2D eigenvalue weighted by molar-refractivity contribution is -0.134. The summed E-state index contributed by atoms with van der Waals surface area (Å²) in [4.78, 5) is 34.6. The molecule has 0 N–H and O–H groups in total. The molecule has 1 aromatic heterocycles. The normalized spacial score (nSPS) is 20.3. The minimum atomic E-state index is 0.00766. The Morgan fingerprint density at radius 3 is 2.69 bits per heavy atom. The molecule has 0 radical (unpaired) electrons. The second-order valence-corrected chi connectivity index (χ2v) is 6.91. The zero-order valence-electron chi connectivity index (χ0n) is 15.5. The van der Waals surface area contributed by atoms with Gasteiger partial charge in [0.1, 0.15) is 5.82 Å². The summed E-state index contributed by atoms with van der Waals surface area (Å²) in [5, 5.41) is 0. The molecule has 1 atom stereocenters. The molecule has 3 rings (SSSR count). The van der Waals surface area contributed by atoms with Crippen LogP contribution in [0.15, 0.2) is 24.4 Å². The highest BCUT2D eigenvalue weighted by molar-refractivity contribution is 5.78. The first-order valence-corrected chi connectivity index (χ1v) is 9.44. The first-order valence-electron chi connectivity index (χ1n) is 9.44. The molecule has 2 saturated heterocycles. The molecule has 1 unspecified atom stereocenters. The number of carbonyl (C=O) groups excluding carboxylic acids is 2. The molecule has 0 aliphatic carbocycles. The second-order valence-electron chi connectivity index (χ2n) is 6.91. The lowest BCUT2D eigenvalue weighted by Crippen LogP contribution is -2.49. The highest BCUT2D eigenvalue weighted by Crippen LogP contribution is 2.15. The standard InChI is InChI=1S/C19H28N4O3/c1-16(24)23(15-17-5-4-14-26-17)9-7-19(25)22-12-10-21(11-13-22)18-6-2-3-8-20-18/h2-3,6,8,17H,4-5,7,9-15H2,1H3. The van der Waals surface area contributed by atoms with Crippen molar-refractivity contribution >= 4 is 17.6 Å². The molecule has 2 aliphatic rings. The molecule has 142 valence electrons. The van der Waals surface area contributed by atoms with Crippen molar-refractivity contribution in [1.82, 2.24) is 14.8 Å². The molecule has 2 fully saturated rings. The van der Waals surface area contributed by atoms with Gasteiger partial charge in [0.25, 0.3) is 0 Å². The number of piperazine rings is 1. The fourth-order valence-electron chi connectivity index (χ4n) is 3.53. The molecule has 0 spiro atoms. The van der Waals surface area contributed by atoms with E-state index in [1.165, 1.54) is 0 Å². The molecule has 0 aromatic carbocycles. The maximum absolute atomic E-state index is 12.5. The van der Waals surface area contributed by atoms with Crippen LogP contribution in [0.5, 0.6) is 0 Å². The molecular weight excluding hydrogens is 332 g/mol. The van der Waals surface area contributed by atoms with Crippen molar-refractivity contribution in [3.63, 3.8) is 0 Å². The quantitative estimate of drug-likeness (QED) is 0.761. The number of hydrogen-bond acceptors (Lipinski definition) is 5. The van der Waals surface area contributed by atoms with Gasteiger partial charge >= 0.3 is 0 Å². The third-order valence-electron chi connectivity index (χ3n) is 5.09. The summed E-state index contributed by atoms with van der Waals surface area (Å²) in [6.07, 6.45) is 4.33. The summed E-state index contributed by atoms with van der Waals surface area (Å²) in [7, 11) is 0. The van der Waals surface area contributed by atoms with E-state index in [1.54, 1.807) is 18.0 Å². The van der Waals surface area contributed by atoms with Gasteiger partial charge in [-0.2, -0.15) is 0 Å². The summed E-state index contributed by atoms with van der Waals surface area (Å²) >= 11 is 0. The van der Waals surface area contributed by atoms with E-state index in [-0.39, 0.29) is 17.9 Å². The monoisotopic (exact) mass is 360 g/mol. The Balaban J connectivity index is 1.43. The number of ether oxygens (including phenoxy) is 1. The van der Waals surface area contributed by atoms with Gasteiger partial charge in [-0.25, -0.2) is 4.98 Å². The number of aromatic nitrogens is 1. The summed E-state index contributed by atoms with van der Waals surface area (Å²) in [5.74, 6) is 1.08. The molecule has 7 nitrogen and oxygen atoms in total. The van der Waals surface area contributed by atoms with Crippen LogP contribution in [0.2, 0.25) is 0 Å². The van der Waals surface area contributed by atoms with Crippen molar-refractivity contribution in [2.45, 2.75) is 32.3 Å². The van der Waals surface area contributed by atoms with Crippen LogP contribution in [0.4, 0.5) is 5.82 Å². The Bertz CT molecular complexity index is 596. The van der Waals surface area contributed by atoms with Crippen LogP contribution in [0.25, 0.3) is 0 Å². The highest BCUT2D eigenvalue weighted by Gasteiger charge is 2.24. The van der Waals surface area contributed by atoms with Crippen molar-refractivity contribution in [2.75, 3.05) is 50.8 Å². The summed E-state index contributed by atoms with van der Waals surface area (Å²) in [6, 6.07) is 5.87. The van der Waals surface area contributed by atoms with Gasteiger partial charge < -0.3 is 19.4 Å². The fraction of sp³-hybridized carbons (Fsp3) is 0.632. The second kappa shape index (κ2) is 8.98. The van der Waals surface area contributed by atoms with Gasteiger partial charge in [-0.05, 0) is 25.0 Å². The first kappa shape index (κ1) is 18.6. The van der Waals surface area contributed by atoms with E-state index in [2.05, 4.69) is 9.88 Å². The average Bonchev–Trinajstić information content (AvgIpc) is 3.18. The number of nitrogens with zero attached hydrogens (tertiary/aromatic N) is 4. The van der Waals surface area contributed by atoms with Crippen molar-refractivity contribution in [3.8, 4) is 0 Å². The van der Waals surface area contributed by atoms with Gasteiger partial charge in [0.05, 0.1) is 6.10 Å². The topological polar surface area (TPSA) is 66.0 Å². The average molecular weight is 360 g/mol. The van der Waals surface area contributed by atoms with Crippen LogP contribution in [0, 0.1) is 0 Å². The zero-order valence-corrected chi connectivity index (χ0v) is 15.5. The zero-order chi connectivity index (χ0) is 18.4. The predicted molar refractivity (Wildman–Crippen MR) is 98.9 cm³/mol. The fourth-order valence-corrected chi connectivity index (χ4v) is 3.53. The Labute approximate surface area is 154 Å². The van der Waals surface area contributed by atoms with Gasteiger partial charge in [-0.3, -0.25) is 9.59 Å². The van der Waals surface area contributed by atoms with Crippen LogP contribution < -0.4 is 4.90 Å². The maximum Gasteiger partial charge on any atom is 0.224 e. The molecule has 2 aliphatic heterocycles. The predicted octanol–water partition coefficient (Wildman–Crippen LogP) is 1.15. The van der Waals surface area contributed by atoms with E-state index in [4.69, 9.17) is 4.74 Å². The van der Waals surface area contributed by atoms with Crippen LogP contribution in [-0.4, -0.2) is 78.6 Å². The molecule has 2 amide bonds. The smallest absolute Gasteiger partial charge is 0.224 e. The van der Waals surface area contributed by atoms with Crippen LogP contribution in [-0.2, 0) is 14.3 Å². The SMILES string of the molecule is CC(=O)N(CCC(=O)N1CCN(c2ccccn2)CC1)CC1CCCO1. The largest absolute Gasteiger partial charge is 0.376 e. The third kappa shape index (κ3) is 4.94. The summed E-state index contributed by atoms with van der Waals surface area (Å²) in [5.41, 5.74) is 0. The number of carbonyl (C=O) groups is 2. The van der Waals surface area contributed by atoms with Crippen LogP contribution >= 0.6 is 0 Å². The van der Waals surface area contributed by atoms with Crippen molar-refractivity contribution < 1.29 is 14.3 Å². The highest BCUT2D eigenvalue weighted by atomic mass is 16.5. The Hall–Kier alpha value is -2.15. The van der Waals surface area contributed by atoms with Gasteiger partial charge in [0.15, 0.2) is 0 Å². The Morgan fingerprint density at radius 1 is 1.27 bits per heavy atom. The van der Waals surface area contributed by atoms with E-state index >= 15 is 0 Å². The Morgan fingerprint density at radius 2 is 2.08 bits per heavy atom. The molecular formula is C19H28N4O3. The van der Waals surface area contributed by atoms with Crippen molar-refractivity contribution in [3.05, 3.63) is 24.4 Å². The lowest BCUT2D eigenvalue weighted by atomic mass is 10.2. The van der Waals surface area contributed by atoms with E-state index in [0.29, 0.717) is 32.6 Å². The number of amides is 2. The number of pyridine rings is 1. The first-order chi connectivity index (χ1) is 12.6. The third-order valence-corrected chi connectivity index (χ3v) is 5.09. The molecule has 0 saturated carbocycles. The Kier molecular flexibility index (Phi) is 6.44. The van der Waals surface area contributed by atoms with Gasteiger partial charge in [0.2, 0.25) is 11.8 Å². The summed E-state index contributed by atoms with van der Waals surface area (Å²) in [6.45, 7) is 6.36. The van der Waals surface area contributed by atoms with Crippen LogP contribution in [0.3, 0.4) is 0 Å². The summed E-state index contributed by atoms with van der Waals surface area (Å²) < 4.78 is 5.61. The molecule has 26 heavy (non-hydrogen) atoms. The molecule has 0 bridgehead atoms. The maximum atomic E-state index is 12.5. The van der Waals surface area contributed by atoms with E-state index < -0.39 is 0 Å².